The van der Waals surface area contributed by atoms with E-state index in [1.165, 1.54) is 23.3 Å². The Morgan fingerprint density at radius 2 is 1.86 bits per heavy atom. The Labute approximate surface area is 207 Å². The molecule has 182 valence electrons. The fourth-order valence-corrected chi connectivity index (χ4v) is 7.98. The van der Waals surface area contributed by atoms with Crippen molar-refractivity contribution in [1.29, 1.82) is 0 Å². The average molecular weight is 494 g/mol. The van der Waals surface area contributed by atoms with E-state index >= 15 is 0 Å². The summed E-state index contributed by atoms with van der Waals surface area (Å²) in [7, 11) is 1.29. The molecule has 1 aromatic carbocycles. The van der Waals surface area contributed by atoms with Crippen molar-refractivity contribution in [3.05, 3.63) is 44.8 Å². The van der Waals surface area contributed by atoms with E-state index in [4.69, 9.17) is 4.74 Å². The predicted octanol–water partition coefficient (Wildman–Crippen LogP) is 3.20. The zero-order valence-electron chi connectivity index (χ0n) is 20.4. The van der Waals surface area contributed by atoms with Crippen LogP contribution in [0.1, 0.15) is 50.3 Å². The van der Waals surface area contributed by atoms with E-state index in [2.05, 4.69) is 10.2 Å². The summed E-state index contributed by atoms with van der Waals surface area (Å²) >= 11 is 1.24. The molecule has 4 aliphatic heterocycles. The van der Waals surface area contributed by atoms with Crippen molar-refractivity contribution in [2.24, 2.45) is 11.8 Å². The number of ether oxygens (including phenoxy) is 1. The number of carbonyl (C=O) groups excluding carboxylic acids is 4. The third-order valence-corrected chi connectivity index (χ3v) is 9.85. The largest absolute Gasteiger partial charge is 0.465 e. The second-order valence-corrected chi connectivity index (χ2v) is 11.2. The average Bonchev–Trinajstić information content (AvgIpc) is 3.58. The molecule has 0 aliphatic carbocycles. The lowest BCUT2D eigenvalue weighted by Crippen LogP contribution is -2.54. The lowest BCUT2D eigenvalue weighted by Gasteiger charge is -2.36. The van der Waals surface area contributed by atoms with E-state index in [9.17, 15) is 19.2 Å². The van der Waals surface area contributed by atoms with Gasteiger partial charge >= 0.3 is 5.97 Å². The van der Waals surface area contributed by atoms with Crippen molar-refractivity contribution in [1.82, 2.24) is 4.90 Å². The Hall–Kier alpha value is -3.04. The van der Waals surface area contributed by atoms with Gasteiger partial charge in [0.15, 0.2) is 0 Å². The van der Waals surface area contributed by atoms with Gasteiger partial charge in [0.1, 0.15) is 10.5 Å². The Bertz CT molecular complexity index is 1360. The number of thiophene rings is 1. The monoisotopic (exact) mass is 493 g/mol. The van der Waals surface area contributed by atoms with E-state index in [1.54, 1.807) is 6.92 Å². The van der Waals surface area contributed by atoms with E-state index in [0.29, 0.717) is 17.1 Å². The predicted molar refractivity (Wildman–Crippen MR) is 131 cm³/mol. The normalized spacial score (nSPS) is 29.1. The second kappa shape index (κ2) is 7.24. The molecule has 3 amide bonds. The number of anilines is 2. The Kier molecular flexibility index (Phi) is 4.64. The van der Waals surface area contributed by atoms with Gasteiger partial charge < -0.3 is 10.1 Å². The number of aryl methyl sites for hydroxylation is 2. The molecule has 4 aliphatic rings. The summed E-state index contributed by atoms with van der Waals surface area (Å²) < 4.78 is 4.99. The minimum Gasteiger partial charge on any atom is -0.465 e. The molecular formula is C26H27N3O5S. The number of esters is 1. The molecule has 0 unspecified atom stereocenters. The van der Waals surface area contributed by atoms with Gasteiger partial charge in [-0.2, -0.15) is 0 Å². The summed E-state index contributed by atoms with van der Waals surface area (Å²) in [4.78, 5) is 58.9. The van der Waals surface area contributed by atoms with Crippen LogP contribution in [0.5, 0.6) is 0 Å². The van der Waals surface area contributed by atoms with Crippen LogP contribution in [0.3, 0.4) is 0 Å². The van der Waals surface area contributed by atoms with Crippen molar-refractivity contribution in [3.8, 4) is 0 Å². The first-order chi connectivity index (χ1) is 16.7. The van der Waals surface area contributed by atoms with Gasteiger partial charge in [-0.05, 0) is 63.8 Å². The standard InChI is InChI=1S/C26H27N3O5S/c1-11-8-9-15-20(12(11)2)27-25(33)26(15)19-18(16-7-6-10-28(16)26)21(30)29(22(19)31)23-17(24(32)34-5)13(3)14(4)35-23/h8-9,16,18-19H,6-7,10H2,1-5H3,(H,27,33)/t16-,18+,19+,26-/m0/s1. The molecule has 1 spiro atoms. The number of hydrogen-bond donors (Lipinski definition) is 1. The van der Waals surface area contributed by atoms with E-state index in [0.717, 1.165) is 40.1 Å². The fourth-order valence-electron chi connectivity index (χ4n) is 6.83. The topological polar surface area (TPSA) is 96.0 Å². The van der Waals surface area contributed by atoms with Gasteiger partial charge in [-0.3, -0.25) is 19.3 Å². The number of benzene rings is 1. The van der Waals surface area contributed by atoms with Gasteiger partial charge in [-0.15, -0.1) is 11.3 Å². The van der Waals surface area contributed by atoms with Crippen LogP contribution in [0, 0.1) is 39.5 Å². The highest BCUT2D eigenvalue weighted by Crippen LogP contribution is 2.61. The molecule has 8 nitrogen and oxygen atoms in total. The van der Waals surface area contributed by atoms with Crippen molar-refractivity contribution in [2.45, 2.75) is 52.1 Å². The highest BCUT2D eigenvalue weighted by atomic mass is 32.1. The second-order valence-electron chi connectivity index (χ2n) is 10.0. The van der Waals surface area contributed by atoms with Crippen molar-refractivity contribution in [3.63, 3.8) is 0 Å². The van der Waals surface area contributed by atoms with Gasteiger partial charge in [-0.25, -0.2) is 9.69 Å². The molecule has 9 heteroatoms. The Morgan fingerprint density at radius 3 is 2.57 bits per heavy atom. The molecule has 5 heterocycles. The first-order valence-electron chi connectivity index (χ1n) is 11.9. The SMILES string of the molecule is COC(=O)c1c(N2C(=O)[C@@H]3[C@@H]4CCCN4[C@]4(C(=O)Nc5c4ccc(C)c5C)[C@H]3C2=O)sc(C)c1C. The van der Waals surface area contributed by atoms with Gasteiger partial charge in [-0.1, -0.05) is 12.1 Å². The molecule has 4 atom stereocenters. The van der Waals surface area contributed by atoms with Crippen LogP contribution in [0.25, 0.3) is 0 Å². The van der Waals surface area contributed by atoms with E-state index in [1.807, 2.05) is 32.9 Å². The zero-order valence-corrected chi connectivity index (χ0v) is 21.2. The van der Waals surface area contributed by atoms with Crippen LogP contribution >= 0.6 is 11.3 Å². The summed E-state index contributed by atoms with van der Waals surface area (Å²) in [5.74, 6) is -3.05. The molecule has 3 fully saturated rings. The molecule has 0 saturated carbocycles. The summed E-state index contributed by atoms with van der Waals surface area (Å²) in [6.45, 7) is 8.26. The van der Waals surface area contributed by atoms with Gasteiger partial charge in [0.05, 0.1) is 24.5 Å². The van der Waals surface area contributed by atoms with Crippen LogP contribution in [-0.4, -0.2) is 48.3 Å². The van der Waals surface area contributed by atoms with Crippen LogP contribution < -0.4 is 10.2 Å². The number of carbonyl (C=O) groups is 4. The molecule has 1 aromatic heterocycles. The first-order valence-corrected chi connectivity index (χ1v) is 12.7. The van der Waals surface area contributed by atoms with Gasteiger partial charge in [0, 0.05) is 22.2 Å². The lowest BCUT2D eigenvalue weighted by molar-refractivity contribution is -0.135. The number of imide groups is 1. The van der Waals surface area contributed by atoms with E-state index in [-0.39, 0.29) is 23.4 Å². The number of nitrogens with one attached hydrogen (secondary N) is 1. The molecule has 3 saturated heterocycles. The molecular weight excluding hydrogens is 466 g/mol. The third kappa shape index (κ3) is 2.50. The molecule has 0 radical (unpaired) electrons. The van der Waals surface area contributed by atoms with Gasteiger partial charge in [0.25, 0.3) is 0 Å². The molecule has 1 N–H and O–H groups in total. The Morgan fingerprint density at radius 1 is 1.11 bits per heavy atom. The van der Waals surface area contributed by atoms with Crippen molar-refractivity contribution < 1.29 is 23.9 Å². The summed E-state index contributed by atoms with van der Waals surface area (Å²) in [6, 6.07) is 3.71. The minimum absolute atomic E-state index is 0.205. The quantitative estimate of drug-likeness (QED) is 0.510. The van der Waals surface area contributed by atoms with E-state index < -0.39 is 29.3 Å². The summed E-state index contributed by atoms with van der Waals surface area (Å²) in [5, 5.41) is 3.37. The Balaban J connectivity index is 1.57. The molecule has 6 rings (SSSR count). The van der Waals surface area contributed by atoms with Crippen LogP contribution in [-0.2, 0) is 24.7 Å². The molecule has 2 aromatic rings. The maximum Gasteiger partial charge on any atom is 0.341 e. The lowest BCUT2D eigenvalue weighted by atomic mass is 9.75. The number of methoxy groups -OCH3 is 1. The third-order valence-electron chi connectivity index (χ3n) is 8.66. The number of fused-ring (bicyclic) bond motifs is 7. The minimum atomic E-state index is -1.23. The van der Waals surface area contributed by atoms with Gasteiger partial charge in [0.2, 0.25) is 17.7 Å². The van der Waals surface area contributed by atoms with Crippen LogP contribution in [0.15, 0.2) is 12.1 Å². The highest BCUT2D eigenvalue weighted by Gasteiger charge is 2.75. The van der Waals surface area contributed by atoms with Crippen LogP contribution in [0.4, 0.5) is 10.7 Å². The maximum absolute atomic E-state index is 14.2. The number of amides is 3. The summed E-state index contributed by atoms with van der Waals surface area (Å²) in [6.07, 6.45) is 1.60. The van der Waals surface area contributed by atoms with Crippen molar-refractivity contribution >= 4 is 45.7 Å². The summed E-state index contributed by atoms with van der Waals surface area (Å²) in [5.41, 5.74) is 3.26. The number of rotatable bonds is 2. The molecule has 0 bridgehead atoms. The smallest absolute Gasteiger partial charge is 0.341 e. The van der Waals surface area contributed by atoms with Crippen molar-refractivity contribution in [2.75, 3.05) is 23.9 Å². The maximum atomic E-state index is 14.2. The number of hydrogen-bond acceptors (Lipinski definition) is 7. The molecule has 35 heavy (non-hydrogen) atoms. The first kappa shape index (κ1) is 22.4. The highest BCUT2D eigenvalue weighted by molar-refractivity contribution is 7.17. The number of nitrogens with zero attached hydrogens (tertiary/aromatic N) is 2. The fraction of sp³-hybridized carbons (Fsp3) is 0.462. The zero-order chi connectivity index (χ0) is 25.0. The van der Waals surface area contributed by atoms with Crippen LogP contribution in [0.2, 0.25) is 0 Å².